The van der Waals surface area contributed by atoms with Crippen LogP contribution in [-0.4, -0.2) is 19.1 Å². The predicted octanol–water partition coefficient (Wildman–Crippen LogP) is 13.0. The van der Waals surface area contributed by atoms with Crippen LogP contribution < -0.4 is 0 Å². The van der Waals surface area contributed by atoms with Crippen LogP contribution in [0.2, 0.25) is 0 Å². The summed E-state index contributed by atoms with van der Waals surface area (Å²) in [5.74, 6) is 0.469. The number of hydrogen-bond acceptors (Lipinski definition) is 5. The average Bonchev–Trinajstić information content (AvgIpc) is 3.86. The Morgan fingerprint density at radius 1 is 0.355 bits per heavy atom. The molecule has 0 aliphatic heterocycles. The van der Waals surface area contributed by atoms with Crippen molar-refractivity contribution in [2.75, 3.05) is 0 Å². The zero-order chi connectivity index (χ0) is 41.7. The van der Waals surface area contributed by atoms with Gasteiger partial charge in [0.15, 0.2) is 5.82 Å². The van der Waals surface area contributed by atoms with Gasteiger partial charge in [-0.1, -0.05) is 109 Å². The molecule has 11 aromatic rings. The van der Waals surface area contributed by atoms with Gasteiger partial charge in [-0.05, 0) is 90.0 Å². The molecule has 0 bridgehead atoms. The third-order valence-corrected chi connectivity index (χ3v) is 11.6. The molecule has 0 aliphatic carbocycles. The summed E-state index contributed by atoms with van der Waals surface area (Å²) in [6.07, 6.45) is 0. The minimum atomic E-state index is 0.469. The molecule has 0 aliphatic rings. The van der Waals surface area contributed by atoms with Crippen molar-refractivity contribution >= 4 is 43.6 Å². The molecule has 0 unspecified atom stereocenters. The zero-order valence-electron chi connectivity index (χ0n) is 33.0. The van der Waals surface area contributed by atoms with E-state index in [9.17, 15) is 15.8 Å². The van der Waals surface area contributed by atoms with Gasteiger partial charge >= 0.3 is 0 Å². The minimum Gasteiger partial charge on any atom is -0.309 e. The van der Waals surface area contributed by atoms with Crippen LogP contribution in [0.3, 0.4) is 0 Å². The van der Waals surface area contributed by atoms with E-state index in [2.05, 4.69) is 124 Å². The molecule has 0 saturated carbocycles. The summed E-state index contributed by atoms with van der Waals surface area (Å²) in [5.41, 5.74) is 13.4. The molecule has 0 N–H and O–H groups in total. The van der Waals surface area contributed by atoms with E-state index in [1.54, 1.807) is 24.3 Å². The van der Waals surface area contributed by atoms with Crippen molar-refractivity contribution in [2.45, 2.75) is 0 Å². The zero-order valence-corrected chi connectivity index (χ0v) is 33.0. The Morgan fingerprint density at radius 3 is 1.47 bits per heavy atom. The van der Waals surface area contributed by atoms with Crippen LogP contribution in [0.1, 0.15) is 16.7 Å². The number of fused-ring (bicyclic) bond motifs is 6. The van der Waals surface area contributed by atoms with Gasteiger partial charge in [-0.25, -0.2) is 9.97 Å². The highest BCUT2D eigenvalue weighted by Crippen LogP contribution is 2.38. The third kappa shape index (κ3) is 5.96. The van der Waals surface area contributed by atoms with Gasteiger partial charge in [0.25, 0.3) is 0 Å². The molecular formula is C55H31N7. The standard InChI is InChI=1S/C55H31N7/c56-32-35-9-7-11-39(27-35)50-31-49(59-55(60-50)40-12-8-10-36(28-40)33-57)38-21-19-37(20-22-38)44-25-23-42(29-41(44)34-58)61-53-18-6-3-15-47(53)48-30-43(24-26-54(48)61)62-51-16-4-1-13-45(51)46-14-2-5-17-52(46)62/h1-31H. The van der Waals surface area contributed by atoms with Gasteiger partial charge in [-0.2, -0.15) is 15.8 Å². The monoisotopic (exact) mass is 789 g/mol. The van der Waals surface area contributed by atoms with E-state index in [1.807, 2.05) is 66.7 Å². The molecule has 0 amide bonds. The summed E-state index contributed by atoms with van der Waals surface area (Å²) < 4.78 is 4.59. The molecular weight excluding hydrogens is 759 g/mol. The first-order valence-corrected chi connectivity index (χ1v) is 20.2. The lowest BCUT2D eigenvalue weighted by molar-refractivity contribution is 1.16. The summed E-state index contributed by atoms with van der Waals surface area (Å²) in [6.45, 7) is 0. The molecule has 3 heterocycles. The SMILES string of the molecule is N#Cc1cccc(-c2cc(-c3ccc(-c4ccc(-n5c6ccccc6c6cc(-n7c8ccccc8c8ccccc87)ccc65)cc4C#N)cc3)nc(-c3cccc(C#N)c3)n2)c1. The van der Waals surface area contributed by atoms with Gasteiger partial charge < -0.3 is 9.13 Å². The maximum absolute atomic E-state index is 10.6. The van der Waals surface area contributed by atoms with Crippen LogP contribution in [-0.2, 0) is 0 Å². The Balaban J connectivity index is 0.983. The third-order valence-electron chi connectivity index (χ3n) is 11.6. The minimum absolute atomic E-state index is 0.469. The van der Waals surface area contributed by atoms with Gasteiger partial charge in [0.05, 0.1) is 68.4 Å². The number of nitrogens with zero attached hydrogens (tertiary/aromatic N) is 7. The average molecular weight is 790 g/mol. The van der Waals surface area contributed by atoms with Gasteiger partial charge in [0, 0.05) is 49.6 Å². The molecule has 11 rings (SSSR count). The smallest absolute Gasteiger partial charge is 0.160 e. The normalized spacial score (nSPS) is 11.2. The van der Waals surface area contributed by atoms with E-state index in [1.165, 1.54) is 10.8 Å². The van der Waals surface area contributed by atoms with Crippen LogP contribution in [0.25, 0.3) is 100 Å². The predicted molar refractivity (Wildman–Crippen MR) is 247 cm³/mol. The van der Waals surface area contributed by atoms with Gasteiger partial charge in [-0.3, -0.25) is 0 Å². The van der Waals surface area contributed by atoms with E-state index in [0.717, 1.165) is 66.5 Å². The molecule has 7 nitrogen and oxygen atoms in total. The van der Waals surface area contributed by atoms with E-state index in [4.69, 9.17) is 9.97 Å². The summed E-state index contributed by atoms with van der Waals surface area (Å²) in [6, 6.07) is 69.7. The Kier molecular flexibility index (Phi) is 8.50. The fourth-order valence-corrected chi connectivity index (χ4v) is 8.76. The Hall–Kier alpha value is -9.09. The molecule has 3 aromatic heterocycles. The first kappa shape index (κ1) is 36.0. The van der Waals surface area contributed by atoms with E-state index in [0.29, 0.717) is 39.5 Å². The summed E-state index contributed by atoms with van der Waals surface area (Å²) in [4.78, 5) is 9.82. The molecule has 62 heavy (non-hydrogen) atoms. The number of rotatable bonds is 6. The number of nitriles is 3. The molecule has 0 saturated heterocycles. The second-order valence-corrected chi connectivity index (χ2v) is 15.2. The van der Waals surface area contributed by atoms with Crippen molar-refractivity contribution < 1.29 is 0 Å². The van der Waals surface area contributed by atoms with E-state index < -0.39 is 0 Å². The number of hydrogen-bond donors (Lipinski definition) is 0. The highest BCUT2D eigenvalue weighted by atomic mass is 15.0. The van der Waals surface area contributed by atoms with Crippen molar-refractivity contribution in [1.29, 1.82) is 15.8 Å². The number of aromatic nitrogens is 4. The van der Waals surface area contributed by atoms with Crippen LogP contribution in [0.4, 0.5) is 0 Å². The van der Waals surface area contributed by atoms with Crippen molar-refractivity contribution in [3.63, 3.8) is 0 Å². The second kappa shape index (κ2) is 14.6. The van der Waals surface area contributed by atoms with E-state index in [-0.39, 0.29) is 0 Å². The maximum atomic E-state index is 10.6. The fourth-order valence-electron chi connectivity index (χ4n) is 8.76. The number of benzene rings is 8. The Labute approximate surface area is 356 Å². The fraction of sp³-hybridized carbons (Fsp3) is 0. The summed E-state index contributed by atoms with van der Waals surface area (Å²) in [7, 11) is 0. The highest BCUT2D eigenvalue weighted by molar-refractivity contribution is 6.12. The Bertz CT molecular complexity index is 3610. The maximum Gasteiger partial charge on any atom is 0.160 e. The van der Waals surface area contributed by atoms with Crippen LogP contribution in [0.5, 0.6) is 0 Å². The van der Waals surface area contributed by atoms with Crippen LogP contribution in [0, 0.1) is 34.0 Å². The van der Waals surface area contributed by atoms with Crippen LogP contribution in [0.15, 0.2) is 188 Å². The lowest BCUT2D eigenvalue weighted by Gasteiger charge is -2.13. The largest absolute Gasteiger partial charge is 0.309 e. The molecule has 0 spiro atoms. The first-order chi connectivity index (χ1) is 30.6. The van der Waals surface area contributed by atoms with Crippen molar-refractivity contribution in [2.24, 2.45) is 0 Å². The van der Waals surface area contributed by atoms with Crippen molar-refractivity contribution in [3.05, 3.63) is 205 Å². The Morgan fingerprint density at radius 2 is 0.855 bits per heavy atom. The molecule has 0 radical (unpaired) electrons. The van der Waals surface area contributed by atoms with E-state index >= 15 is 0 Å². The van der Waals surface area contributed by atoms with Gasteiger partial charge in [-0.15, -0.1) is 0 Å². The highest BCUT2D eigenvalue weighted by Gasteiger charge is 2.18. The van der Waals surface area contributed by atoms with Crippen molar-refractivity contribution in [3.8, 4) is 74.6 Å². The van der Waals surface area contributed by atoms with Crippen LogP contribution >= 0.6 is 0 Å². The second-order valence-electron chi connectivity index (χ2n) is 15.2. The first-order valence-electron chi connectivity index (χ1n) is 20.2. The topological polar surface area (TPSA) is 107 Å². The summed E-state index contributed by atoms with van der Waals surface area (Å²) in [5, 5.41) is 34.5. The molecule has 0 fully saturated rings. The molecule has 0 atom stereocenters. The van der Waals surface area contributed by atoms with Gasteiger partial charge in [0.2, 0.25) is 0 Å². The molecule has 286 valence electrons. The van der Waals surface area contributed by atoms with Gasteiger partial charge in [0.1, 0.15) is 0 Å². The molecule has 8 aromatic carbocycles. The lowest BCUT2D eigenvalue weighted by atomic mass is 9.97. The number of para-hydroxylation sites is 3. The summed E-state index contributed by atoms with van der Waals surface area (Å²) >= 11 is 0. The van der Waals surface area contributed by atoms with Crippen molar-refractivity contribution in [1.82, 2.24) is 19.1 Å². The lowest BCUT2D eigenvalue weighted by Crippen LogP contribution is -1.97. The quantitative estimate of drug-likeness (QED) is 0.167. The molecule has 7 heteroatoms.